The molecule has 1 aliphatic heterocycles. The number of cyclic esters (lactones) is 1. The summed E-state index contributed by atoms with van der Waals surface area (Å²) in [5, 5.41) is 41.3. The lowest BCUT2D eigenvalue weighted by atomic mass is 9.78. The number of aliphatic hydroxyl groups excluding tert-OH is 3. The van der Waals surface area contributed by atoms with Crippen LogP contribution in [-0.4, -0.2) is 68.5 Å². The Labute approximate surface area is 166 Å². The number of carbonyl (C=O) groups is 2. The molecule has 0 amide bonds. The van der Waals surface area contributed by atoms with E-state index in [2.05, 4.69) is 0 Å². The molecular formula is C20H34O8. The van der Waals surface area contributed by atoms with Gasteiger partial charge in [0.15, 0.2) is 0 Å². The Hall–Kier alpha value is -1.48. The Kier molecular flexibility index (Phi) is 9.07. The Morgan fingerprint density at radius 1 is 1.29 bits per heavy atom. The van der Waals surface area contributed by atoms with Gasteiger partial charge < -0.3 is 29.9 Å². The molecule has 1 heterocycles. The van der Waals surface area contributed by atoms with Crippen molar-refractivity contribution in [3.05, 3.63) is 12.2 Å². The standard InChI is InChI=1S/C20H34O8/c1-6-7-8-14(21)9-10-15(22)28-16-11(2)17(23)20(5,26)18(24)12(3)19(25)27-13(16)4/h9-14,16-18,21,23-24,26H,6-8H2,1-5H3/b10-9+/t11-,12-,13+,14?,16-,17+,18+,20-/m1/s1. The highest BCUT2D eigenvalue weighted by atomic mass is 16.6. The molecule has 28 heavy (non-hydrogen) atoms. The normalized spacial score (nSPS) is 38.2. The molecule has 162 valence electrons. The topological polar surface area (TPSA) is 134 Å². The van der Waals surface area contributed by atoms with Gasteiger partial charge in [-0.2, -0.15) is 0 Å². The van der Waals surface area contributed by atoms with Crippen molar-refractivity contribution in [3.8, 4) is 0 Å². The summed E-state index contributed by atoms with van der Waals surface area (Å²) < 4.78 is 10.7. The molecule has 0 saturated carbocycles. The second kappa shape index (κ2) is 10.3. The third-order valence-electron chi connectivity index (χ3n) is 5.38. The first-order valence-corrected chi connectivity index (χ1v) is 9.79. The molecule has 8 heteroatoms. The van der Waals surface area contributed by atoms with E-state index in [1.807, 2.05) is 6.92 Å². The SMILES string of the molecule is CCCCC(O)/C=C/C(=O)O[C@@H]1[C@@H](C)[C@H](O)[C@@](C)(O)[C@@H](O)[C@@H](C)C(=O)O[C@H]1C. The predicted octanol–water partition coefficient (Wildman–Crippen LogP) is 0.696. The second-order valence-electron chi connectivity index (χ2n) is 7.88. The number of aliphatic hydroxyl groups is 4. The van der Waals surface area contributed by atoms with E-state index in [-0.39, 0.29) is 0 Å². The van der Waals surface area contributed by atoms with Crippen LogP contribution in [0.25, 0.3) is 0 Å². The predicted molar refractivity (Wildman–Crippen MR) is 101 cm³/mol. The van der Waals surface area contributed by atoms with Gasteiger partial charge in [0, 0.05) is 12.0 Å². The van der Waals surface area contributed by atoms with Gasteiger partial charge in [-0.25, -0.2) is 4.79 Å². The van der Waals surface area contributed by atoms with Crippen molar-refractivity contribution >= 4 is 11.9 Å². The highest BCUT2D eigenvalue weighted by Gasteiger charge is 2.50. The number of unbranched alkanes of at least 4 members (excludes halogenated alkanes) is 1. The van der Waals surface area contributed by atoms with Crippen LogP contribution in [0.4, 0.5) is 0 Å². The summed E-state index contributed by atoms with van der Waals surface area (Å²) in [7, 11) is 0. The molecule has 0 aromatic carbocycles. The molecule has 0 bridgehead atoms. The maximum atomic E-state index is 12.2. The van der Waals surface area contributed by atoms with E-state index in [4.69, 9.17) is 9.47 Å². The first-order chi connectivity index (χ1) is 12.9. The lowest BCUT2D eigenvalue weighted by Crippen LogP contribution is -2.57. The van der Waals surface area contributed by atoms with Crippen LogP contribution in [0.15, 0.2) is 12.2 Å². The zero-order valence-corrected chi connectivity index (χ0v) is 17.2. The van der Waals surface area contributed by atoms with E-state index in [1.165, 1.54) is 33.8 Å². The van der Waals surface area contributed by atoms with Crippen molar-refractivity contribution in [3.63, 3.8) is 0 Å². The van der Waals surface area contributed by atoms with Crippen LogP contribution in [0.5, 0.6) is 0 Å². The number of hydrogen-bond donors (Lipinski definition) is 4. The smallest absolute Gasteiger partial charge is 0.330 e. The van der Waals surface area contributed by atoms with Gasteiger partial charge in [0.2, 0.25) is 0 Å². The molecule has 1 fully saturated rings. The van der Waals surface area contributed by atoms with E-state index in [9.17, 15) is 30.0 Å². The molecule has 1 rings (SSSR count). The minimum Gasteiger partial charge on any atom is -0.458 e. The number of rotatable bonds is 6. The van der Waals surface area contributed by atoms with Gasteiger partial charge in [-0.15, -0.1) is 0 Å². The Bertz CT molecular complexity index is 558. The first-order valence-electron chi connectivity index (χ1n) is 9.79. The third-order valence-corrected chi connectivity index (χ3v) is 5.38. The van der Waals surface area contributed by atoms with Gasteiger partial charge in [0.05, 0.1) is 24.2 Å². The van der Waals surface area contributed by atoms with Gasteiger partial charge in [0.1, 0.15) is 17.8 Å². The summed E-state index contributed by atoms with van der Waals surface area (Å²) >= 11 is 0. The first kappa shape index (κ1) is 24.6. The van der Waals surface area contributed by atoms with Crippen LogP contribution in [0.1, 0.15) is 53.9 Å². The maximum absolute atomic E-state index is 12.2. The van der Waals surface area contributed by atoms with Crippen LogP contribution in [0, 0.1) is 11.8 Å². The van der Waals surface area contributed by atoms with Crippen molar-refractivity contribution < 1.29 is 39.5 Å². The lowest BCUT2D eigenvalue weighted by molar-refractivity contribution is -0.180. The minimum absolute atomic E-state index is 0.519. The second-order valence-corrected chi connectivity index (χ2v) is 7.88. The fourth-order valence-corrected chi connectivity index (χ4v) is 3.38. The molecule has 1 unspecified atom stereocenters. The molecule has 1 aliphatic rings. The molecule has 4 N–H and O–H groups in total. The van der Waals surface area contributed by atoms with Crippen molar-refractivity contribution in [1.29, 1.82) is 0 Å². The van der Waals surface area contributed by atoms with Crippen molar-refractivity contribution in [2.75, 3.05) is 0 Å². The fourth-order valence-electron chi connectivity index (χ4n) is 3.38. The molecule has 0 spiro atoms. The Balaban J connectivity index is 3.00. The summed E-state index contributed by atoms with van der Waals surface area (Å²) in [5.74, 6) is -3.47. The van der Waals surface area contributed by atoms with Crippen molar-refractivity contribution in [2.45, 2.75) is 90.0 Å². The fraction of sp³-hybridized carbons (Fsp3) is 0.800. The summed E-state index contributed by atoms with van der Waals surface area (Å²) in [6.45, 7) is 7.64. The van der Waals surface area contributed by atoms with Gasteiger partial charge in [-0.05, 0) is 33.3 Å². The van der Waals surface area contributed by atoms with E-state index in [0.29, 0.717) is 6.42 Å². The van der Waals surface area contributed by atoms with Gasteiger partial charge >= 0.3 is 11.9 Å². The number of ether oxygens (including phenoxy) is 2. The Morgan fingerprint density at radius 3 is 2.46 bits per heavy atom. The molecule has 0 aromatic heterocycles. The van der Waals surface area contributed by atoms with Crippen LogP contribution in [0.3, 0.4) is 0 Å². The average Bonchev–Trinajstić information content (AvgIpc) is 2.66. The molecule has 0 radical (unpaired) electrons. The van der Waals surface area contributed by atoms with Crippen molar-refractivity contribution in [2.24, 2.45) is 11.8 Å². The Morgan fingerprint density at radius 2 is 1.89 bits per heavy atom. The molecule has 0 aromatic rings. The van der Waals surface area contributed by atoms with Gasteiger partial charge in [0.25, 0.3) is 0 Å². The largest absolute Gasteiger partial charge is 0.458 e. The number of carbonyl (C=O) groups excluding carboxylic acids is 2. The molecule has 8 nitrogen and oxygen atoms in total. The van der Waals surface area contributed by atoms with Crippen molar-refractivity contribution in [1.82, 2.24) is 0 Å². The molecule has 8 atom stereocenters. The monoisotopic (exact) mass is 402 g/mol. The average molecular weight is 402 g/mol. The van der Waals surface area contributed by atoms with Crippen LogP contribution in [0.2, 0.25) is 0 Å². The van der Waals surface area contributed by atoms with Crippen LogP contribution >= 0.6 is 0 Å². The molecular weight excluding hydrogens is 368 g/mol. The van der Waals surface area contributed by atoms with Crippen LogP contribution in [-0.2, 0) is 19.1 Å². The van der Waals surface area contributed by atoms with Crippen LogP contribution < -0.4 is 0 Å². The quantitative estimate of drug-likeness (QED) is 0.377. The summed E-state index contributed by atoms with van der Waals surface area (Å²) in [4.78, 5) is 24.4. The molecule has 0 aliphatic carbocycles. The zero-order chi connectivity index (χ0) is 21.6. The van der Waals surface area contributed by atoms with E-state index >= 15 is 0 Å². The zero-order valence-electron chi connectivity index (χ0n) is 17.2. The number of esters is 2. The summed E-state index contributed by atoms with van der Waals surface area (Å²) in [5.41, 5.74) is -2.02. The highest BCUT2D eigenvalue weighted by molar-refractivity contribution is 5.82. The minimum atomic E-state index is -2.02. The summed E-state index contributed by atoms with van der Waals surface area (Å²) in [6.07, 6.45) is -1.13. The third kappa shape index (κ3) is 6.01. The number of hydrogen-bond acceptors (Lipinski definition) is 8. The lowest BCUT2D eigenvalue weighted by Gasteiger charge is -2.39. The van der Waals surface area contributed by atoms with Gasteiger partial charge in [-0.1, -0.05) is 26.7 Å². The highest BCUT2D eigenvalue weighted by Crippen LogP contribution is 2.32. The van der Waals surface area contributed by atoms with Gasteiger partial charge in [-0.3, -0.25) is 4.79 Å². The maximum Gasteiger partial charge on any atom is 0.330 e. The van der Waals surface area contributed by atoms with E-state index < -0.39 is 59.9 Å². The van der Waals surface area contributed by atoms with E-state index in [1.54, 1.807) is 0 Å². The molecule has 1 saturated heterocycles. The van der Waals surface area contributed by atoms with E-state index in [0.717, 1.165) is 18.9 Å². The summed E-state index contributed by atoms with van der Waals surface area (Å²) in [6, 6.07) is 0.